The molecule has 2 aromatic rings. The van der Waals surface area contributed by atoms with Crippen molar-refractivity contribution < 1.29 is 23.9 Å². The summed E-state index contributed by atoms with van der Waals surface area (Å²) in [5.41, 5.74) is 1.45. The van der Waals surface area contributed by atoms with Crippen molar-refractivity contribution in [3.8, 4) is 11.8 Å². The Morgan fingerprint density at radius 2 is 1.66 bits per heavy atom. The van der Waals surface area contributed by atoms with E-state index in [0.717, 1.165) is 0 Å². The molecule has 150 valence electrons. The van der Waals surface area contributed by atoms with E-state index in [1.807, 2.05) is 19.9 Å². The zero-order valence-corrected chi connectivity index (χ0v) is 16.3. The molecule has 0 radical (unpaired) electrons. The maximum absolute atomic E-state index is 12.1. The molecule has 29 heavy (non-hydrogen) atoms. The van der Waals surface area contributed by atoms with E-state index in [1.54, 1.807) is 48.5 Å². The topological polar surface area (TPSA) is 105 Å². The van der Waals surface area contributed by atoms with E-state index >= 15 is 0 Å². The maximum Gasteiger partial charge on any atom is 0.344 e. The summed E-state index contributed by atoms with van der Waals surface area (Å²) in [6.07, 6.45) is 0.418. The zero-order valence-electron chi connectivity index (χ0n) is 16.3. The number of hydrogen-bond donors (Lipinski definition) is 1. The van der Waals surface area contributed by atoms with Crippen LogP contribution < -0.4 is 10.1 Å². The number of ether oxygens (including phenoxy) is 2. The lowest BCUT2D eigenvalue weighted by atomic mass is 10.1. The van der Waals surface area contributed by atoms with E-state index in [9.17, 15) is 14.4 Å². The monoisotopic (exact) mass is 394 g/mol. The van der Waals surface area contributed by atoms with Crippen molar-refractivity contribution in [1.29, 1.82) is 5.26 Å². The van der Waals surface area contributed by atoms with Gasteiger partial charge < -0.3 is 14.8 Å². The highest BCUT2D eigenvalue weighted by Crippen LogP contribution is 2.13. The predicted octanol–water partition coefficient (Wildman–Crippen LogP) is 3.35. The van der Waals surface area contributed by atoms with Crippen LogP contribution in [0.1, 0.15) is 36.2 Å². The van der Waals surface area contributed by atoms with Crippen molar-refractivity contribution in [3.63, 3.8) is 0 Å². The number of nitrogens with zero attached hydrogens (tertiary/aromatic N) is 1. The van der Waals surface area contributed by atoms with Gasteiger partial charge in [0.2, 0.25) is 5.91 Å². The Hall–Kier alpha value is -3.66. The van der Waals surface area contributed by atoms with Gasteiger partial charge in [-0.15, -0.1) is 0 Å². The van der Waals surface area contributed by atoms with Gasteiger partial charge >= 0.3 is 5.97 Å². The third-order valence-electron chi connectivity index (χ3n) is 3.79. The van der Waals surface area contributed by atoms with Crippen LogP contribution in [0.2, 0.25) is 0 Å². The van der Waals surface area contributed by atoms with Crippen molar-refractivity contribution in [1.82, 2.24) is 0 Å². The van der Waals surface area contributed by atoms with Crippen molar-refractivity contribution in [2.75, 3.05) is 18.5 Å². The average Bonchev–Trinajstić information content (AvgIpc) is 2.70. The molecule has 1 amide bonds. The minimum absolute atomic E-state index is 0.0877. The number of nitriles is 1. The Balaban J connectivity index is 1.77. The van der Waals surface area contributed by atoms with Gasteiger partial charge in [0.25, 0.3) is 0 Å². The fraction of sp³-hybridized carbons (Fsp3) is 0.273. The standard InChI is InChI=1S/C22H22N2O5/c1-15(2)11-21(26)24-18-7-5-17(6-8-18)20(25)13-29-22(27)14-28-19-9-3-16(12-23)4-10-19/h3-10,15H,11,13-14H2,1-2H3,(H,24,26). The first-order chi connectivity index (χ1) is 13.9. The Bertz CT molecular complexity index is 896. The van der Waals surface area contributed by atoms with E-state index in [0.29, 0.717) is 29.0 Å². The van der Waals surface area contributed by atoms with Crippen molar-refractivity contribution in [2.45, 2.75) is 20.3 Å². The number of rotatable bonds is 9. The molecule has 7 nitrogen and oxygen atoms in total. The van der Waals surface area contributed by atoms with Gasteiger partial charge in [0.05, 0.1) is 11.6 Å². The Morgan fingerprint density at radius 3 is 2.24 bits per heavy atom. The molecule has 0 aliphatic heterocycles. The van der Waals surface area contributed by atoms with E-state index in [2.05, 4.69) is 5.32 Å². The van der Waals surface area contributed by atoms with Crippen LogP contribution in [0.3, 0.4) is 0 Å². The van der Waals surface area contributed by atoms with Gasteiger partial charge in [0, 0.05) is 17.7 Å². The fourth-order valence-electron chi connectivity index (χ4n) is 2.36. The highest BCUT2D eigenvalue weighted by Gasteiger charge is 2.11. The summed E-state index contributed by atoms with van der Waals surface area (Å²) in [5.74, 6) is -0.457. The van der Waals surface area contributed by atoms with E-state index in [4.69, 9.17) is 14.7 Å². The van der Waals surface area contributed by atoms with Crippen LogP contribution in [0.4, 0.5) is 5.69 Å². The van der Waals surface area contributed by atoms with E-state index in [1.165, 1.54) is 0 Å². The van der Waals surface area contributed by atoms with Crippen LogP contribution in [-0.4, -0.2) is 30.9 Å². The first kappa shape index (κ1) is 21.6. The molecular formula is C22H22N2O5. The summed E-state index contributed by atoms with van der Waals surface area (Å²) in [6, 6.07) is 14.6. The molecule has 0 aromatic heterocycles. The van der Waals surface area contributed by atoms with Gasteiger partial charge in [0.1, 0.15) is 5.75 Å². The summed E-state index contributed by atoms with van der Waals surface area (Å²) in [6.45, 7) is 3.16. The second-order valence-electron chi connectivity index (χ2n) is 6.73. The van der Waals surface area contributed by atoms with Crippen LogP contribution in [0.15, 0.2) is 48.5 Å². The van der Waals surface area contributed by atoms with Crippen LogP contribution >= 0.6 is 0 Å². The fourth-order valence-corrected chi connectivity index (χ4v) is 2.36. The molecule has 0 bridgehead atoms. The number of amides is 1. The molecule has 0 saturated heterocycles. The van der Waals surface area contributed by atoms with Gasteiger partial charge in [-0.05, 0) is 54.4 Å². The molecule has 0 aliphatic rings. The number of ketones is 1. The van der Waals surface area contributed by atoms with Gasteiger partial charge in [0.15, 0.2) is 19.0 Å². The van der Waals surface area contributed by atoms with Crippen LogP contribution in [0, 0.1) is 17.2 Å². The normalized spacial score (nSPS) is 10.1. The molecule has 0 atom stereocenters. The Labute approximate surface area is 169 Å². The van der Waals surface area contributed by atoms with Gasteiger partial charge in [-0.1, -0.05) is 13.8 Å². The summed E-state index contributed by atoms with van der Waals surface area (Å²) in [4.78, 5) is 35.6. The third kappa shape index (κ3) is 7.46. The number of carbonyl (C=O) groups is 3. The van der Waals surface area contributed by atoms with E-state index < -0.39 is 12.6 Å². The number of benzene rings is 2. The molecule has 2 rings (SSSR count). The second-order valence-corrected chi connectivity index (χ2v) is 6.73. The van der Waals surface area contributed by atoms with E-state index in [-0.39, 0.29) is 24.2 Å². The lowest BCUT2D eigenvalue weighted by Crippen LogP contribution is -2.19. The third-order valence-corrected chi connectivity index (χ3v) is 3.79. The molecule has 7 heteroatoms. The number of esters is 1. The van der Waals surface area contributed by atoms with Crippen molar-refractivity contribution in [2.24, 2.45) is 5.92 Å². The second kappa shape index (κ2) is 10.6. The molecule has 0 fully saturated rings. The molecule has 0 unspecified atom stereocenters. The number of Topliss-reactive ketones (excluding diaryl/α,β-unsaturated/α-hetero) is 1. The minimum Gasteiger partial charge on any atom is -0.482 e. The predicted molar refractivity (Wildman–Crippen MR) is 106 cm³/mol. The molecule has 1 N–H and O–H groups in total. The smallest absolute Gasteiger partial charge is 0.344 e. The lowest BCUT2D eigenvalue weighted by molar-refractivity contribution is -0.144. The molecule has 0 spiro atoms. The van der Waals surface area contributed by atoms with Gasteiger partial charge in [-0.3, -0.25) is 9.59 Å². The molecule has 0 saturated carbocycles. The first-order valence-corrected chi connectivity index (χ1v) is 9.09. The quantitative estimate of drug-likeness (QED) is 0.516. The van der Waals surface area contributed by atoms with Gasteiger partial charge in [-0.2, -0.15) is 5.26 Å². The lowest BCUT2D eigenvalue weighted by Gasteiger charge is -2.09. The van der Waals surface area contributed by atoms with Crippen molar-refractivity contribution in [3.05, 3.63) is 59.7 Å². The SMILES string of the molecule is CC(C)CC(=O)Nc1ccc(C(=O)COC(=O)COc2ccc(C#N)cc2)cc1. The van der Waals surface area contributed by atoms with Crippen LogP contribution in [0.25, 0.3) is 0 Å². The van der Waals surface area contributed by atoms with Crippen molar-refractivity contribution >= 4 is 23.3 Å². The number of hydrogen-bond acceptors (Lipinski definition) is 6. The number of anilines is 1. The highest BCUT2D eigenvalue weighted by molar-refractivity contribution is 5.98. The summed E-state index contributed by atoms with van der Waals surface area (Å²) in [7, 11) is 0. The highest BCUT2D eigenvalue weighted by atomic mass is 16.6. The summed E-state index contributed by atoms with van der Waals surface area (Å²) in [5, 5.41) is 11.5. The van der Waals surface area contributed by atoms with Crippen LogP contribution in [0.5, 0.6) is 5.75 Å². The Morgan fingerprint density at radius 1 is 1.00 bits per heavy atom. The molecule has 0 aliphatic carbocycles. The Kier molecular flexibility index (Phi) is 7.92. The number of nitrogens with one attached hydrogen (secondary N) is 1. The minimum atomic E-state index is -0.680. The maximum atomic E-state index is 12.1. The summed E-state index contributed by atoms with van der Waals surface area (Å²) < 4.78 is 10.2. The average molecular weight is 394 g/mol. The molecule has 0 heterocycles. The molecular weight excluding hydrogens is 372 g/mol. The first-order valence-electron chi connectivity index (χ1n) is 9.09. The largest absolute Gasteiger partial charge is 0.482 e. The van der Waals surface area contributed by atoms with Crippen LogP contribution in [-0.2, 0) is 14.3 Å². The number of carbonyl (C=O) groups excluding carboxylic acids is 3. The van der Waals surface area contributed by atoms with Gasteiger partial charge in [-0.25, -0.2) is 4.79 Å². The summed E-state index contributed by atoms with van der Waals surface area (Å²) >= 11 is 0. The molecule has 2 aromatic carbocycles. The zero-order chi connectivity index (χ0) is 21.2.